The second-order valence-electron chi connectivity index (χ2n) is 4.82. The van der Waals surface area contributed by atoms with Gasteiger partial charge in [-0.15, -0.1) is 0 Å². The van der Waals surface area contributed by atoms with Crippen molar-refractivity contribution in [3.05, 3.63) is 57.0 Å². The van der Waals surface area contributed by atoms with Crippen LogP contribution in [0.4, 0.5) is 0 Å². The largest absolute Gasteiger partial charge is 0.486 e. The smallest absolute Gasteiger partial charge is 0.162 e. The standard InChI is InChI=1S/C16H13Br2ClO2/c17-13(7-10-1-3-11(19)4-2-10)12-8-15-16(9-14(12)18)21-6-5-20-15/h1-4,8-9,13H,5-7H2. The minimum Gasteiger partial charge on any atom is -0.486 e. The summed E-state index contributed by atoms with van der Waals surface area (Å²) < 4.78 is 12.3. The molecule has 110 valence electrons. The van der Waals surface area contributed by atoms with Crippen LogP contribution in [-0.4, -0.2) is 13.2 Å². The summed E-state index contributed by atoms with van der Waals surface area (Å²) in [5.41, 5.74) is 2.37. The van der Waals surface area contributed by atoms with E-state index in [9.17, 15) is 0 Å². The van der Waals surface area contributed by atoms with Gasteiger partial charge in [-0.2, -0.15) is 0 Å². The average Bonchev–Trinajstić information content (AvgIpc) is 2.49. The third kappa shape index (κ3) is 3.55. The number of hydrogen-bond donors (Lipinski definition) is 0. The first-order valence-electron chi connectivity index (χ1n) is 6.61. The maximum Gasteiger partial charge on any atom is 0.162 e. The van der Waals surface area contributed by atoms with Crippen LogP contribution in [0.5, 0.6) is 11.5 Å². The van der Waals surface area contributed by atoms with Crippen molar-refractivity contribution >= 4 is 43.5 Å². The van der Waals surface area contributed by atoms with Crippen molar-refractivity contribution in [1.82, 2.24) is 0 Å². The van der Waals surface area contributed by atoms with Gasteiger partial charge in [-0.05, 0) is 41.8 Å². The quantitative estimate of drug-likeness (QED) is 0.592. The summed E-state index contributed by atoms with van der Waals surface area (Å²) in [5.74, 6) is 1.60. The fourth-order valence-electron chi connectivity index (χ4n) is 2.26. The Morgan fingerprint density at radius 1 is 1.05 bits per heavy atom. The molecule has 3 rings (SSSR count). The van der Waals surface area contributed by atoms with E-state index in [1.165, 1.54) is 5.56 Å². The summed E-state index contributed by atoms with van der Waals surface area (Å²) in [7, 11) is 0. The number of fused-ring (bicyclic) bond motifs is 1. The van der Waals surface area contributed by atoms with Gasteiger partial charge in [0.2, 0.25) is 0 Å². The highest BCUT2D eigenvalue weighted by Crippen LogP contribution is 2.41. The molecule has 1 aliphatic rings. The summed E-state index contributed by atoms with van der Waals surface area (Å²) in [5, 5.41) is 0.755. The second-order valence-corrected chi connectivity index (χ2v) is 7.21. The van der Waals surface area contributed by atoms with Crippen LogP contribution in [0, 0.1) is 0 Å². The van der Waals surface area contributed by atoms with E-state index >= 15 is 0 Å². The predicted molar refractivity (Wildman–Crippen MR) is 92.0 cm³/mol. The highest BCUT2D eigenvalue weighted by atomic mass is 79.9. The minimum absolute atomic E-state index is 0.184. The van der Waals surface area contributed by atoms with Crippen molar-refractivity contribution < 1.29 is 9.47 Å². The molecule has 0 aliphatic carbocycles. The van der Waals surface area contributed by atoms with Gasteiger partial charge in [-0.1, -0.05) is 55.6 Å². The van der Waals surface area contributed by atoms with E-state index in [1.54, 1.807) is 0 Å². The number of benzene rings is 2. The molecule has 0 saturated carbocycles. The minimum atomic E-state index is 0.184. The van der Waals surface area contributed by atoms with E-state index in [-0.39, 0.29) is 4.83 Å². The molecule has 0 fully saturated rings. The molecule has 2 aromatic rings. The van der Waals surface area contributed by atoms with Crippen molar-refractivity contribution in [3.8, 4) is 11.5 Å². The highest BCUT2D eigenvalue weighted by molar-refractivity contribution is 9.11. The van der Waals surface area contributed by atoms with E-state index < -0.39 is 0 Å². The molecule has 5 heteroatoms. The molecule has 1 heterocycles. The Morgan fingerprint density at radius 2 is 1.67 bits per heavy atom. The Bertz CT molecular complexity index is 643. The summed E-state index contributed by atoms with van der Waals surface area (Å²) in [6.45, 7) is 1.19. The Morgan fingerprint density at radius 3 is 2.33 bits per heavy atom. The zero-order valence-corrected chi connectivity index (χ0v) is 15.0. The monoisotopic (exact) mass is 430 g/mol. The Kier molecular flexibility index (Phi) is 4.77. The second kappa shape index (κ2) is 6.59. The summed E-state index contributed by atoms with van der Waals surface area (Å²) in [6.07, 6.45) is 0.870. The first kappa shape index (κ1) is 15.2. The molecular weight excluding hydrogens is 419 g/mol. The van der Waals surface area contributed by atoms with Crippen LogP contribution < -0.4 is 9.47 Å². The van der Waals surface area contributed by atoms with Gasteiger partial charge in [0, 0.05) is 14.3 Å². The predicted octanol–water partition coefficient (Wildman–Crippen LogP) is 5.55. The van der Waals surface area contributed by atoms with Crippen LogP contribution in [-0.2, 0) is 6.42 Å². The molecule has 0 bridgehead atoms. The molecule has 1 unspecified atom stereocenters. The Labute approximate surface area is 145 Å². The van der Waals surface area contributed by atoms with Crippen LogP contribution in [0.3, 0.4) is 0 Å². The van der Waals surface area contributed by atoms with Crippen molar-refractivity contribution in [2.45, 2.75) is 11.2 Å². The van der Waals surface area contributed by atoms with Gasteiger partial charge in [-0.3, -0.25) is 0 Å². The maximum absolute atomic E-state index is 5.92. The molecule has 1 atom stereocenters. The van der Waals surface area contributed by atoms with E-state index in [1.807, 2.05) is 36.4 Å². The number of ether oxygens (including phenoxy) is 2. The van der Waals surface area contributed by atoms with Gasteiger partial charge >= 0.3 is 0 Å². The summed E-state index contributed by atoms with van der Waals surface area (Å²) in [6, 6.07) is 11.9. The van der Waals surface area contributed by atoms with E-state index in [4.69, 9.17) is 21.1 Å². The number of halogens is 3. The lowest BCUT2D eigenvalue weighted by Crippen LogP contribution is -2.15. The van der Waals surface area contributed by atoms with Crippen LogP contribution in [0.1, 0.15) is 16.0 Å². The van der Waals surface area contributed by atoms with Crippen LogP contribution in [0.15, 0.2) is 40.9 Å². The van der Waals surface area contributed by atoms with E-state index in [0.29, 0.717) is 13.2 Å². The van der Waals surface area contributed by atoms with Crippen molar-refractivity contribution in [1.29, 1.82) is 0 Å². The molecule has 0 radical (unpaired) electrons. The third-order valence-corrected chi connectivity index (χ3v) is 5.08. The van der Waals surface area contributed by atoms with Gasteiger partial charge in [0.1, 0.15) is 13.2 Å². The molecular formula is C16H13Br2ClO2. The van der Waals surface area contributed by atoms with Gasteiger partial charge in [0.05, 0.1) is 0 Å². The average molecular weight is 433 g/mol. The molecule has 0 aromatic heterocycles. The van der Waals surface area contributed by atoms with Crippen LogP contribution in [0.25, 0.3) is 0 Å². The van der Waals surface area contributed by atoms with Crippen LogP contribution >= 0.6 is 43.5 Å². The normalized spacial score (nSPS) is 14.8. The molecule has 1 aliphatic heterocycles. The molecule has 2 nitrogen and oxygen atoms in total. The van der Waals surface area contributed by atoms with E-state index in [2.05, 4.69) is 31.9 Å². The molecule has 2 aromatic carbocycles. The first-order chi connectivity index (χ1) is 10.1. The number of alkyl halides is 1. The zero-order valence-electron chi connectivity index (χ0n) is 11.1. The fraction of sp³-hybridized carbons (Fsp3) is 0.250. The Balaban J connectivity index is 1.83. The molecule has 0 amide bonds. The van der Waals surface area contributed by atoms with Crippen LogP contribution in [0.2, 0.25) is 5.02 Å². The topological polar surface area (TPSA) is 18.5 Å². The summed E-state index contributed by atoms with van der Waals surface area (Å²) in [4.78, 5) is 0.184. The van der Waals surface area contributed by atoms with Gasteiger partial charge in [0.15, 0.2) is 11.5 Å². The Hall–Kier alpha value is -0.710. The van der Waals surface area contributed by atoms with Gasteiger partial charge < -0.3 is 9.47 Å². The zero-order chi connectivity index (χ0) is 14.8. The lowest BCUT2D eigenvalue weighted by Gasteiger charge is -2.21. The third-order valence-electron chi connectivity index (χ3n) is 3.33. The first-order valence-corrected chi connectivity index (χ1v) is 8.69. The van der Waals surface area contributed by atoms with Crippen molar-refractivity contribution in [3.63, 3.8) is 0 Å². The lowest BCUT2D eigenvalue weighted by atomic mass is 10.0. The van der Waals surface area contributed by atoms with Crippen molar-refractivity contribution in [2.24, 2.45) is 0 Å². The maximum atomic E-state index is 5.92. The highest BCUT2D eigenvalue weighted by Gasteiger charge is 2.19. The number of rotatable bonds is 3. The lowest BCUT2D eigenvalue weighted by molar-refractivity contribution is 0.171. The summed E-state index contributed by atoms with van der Waals surface area (Å²) >= 11 is 13.3. The number of hydrogen-bond acceptors (Lipinski definition) is 2. The molecule has 21 heavy (non-hydrogen) atoms. The molecule has 0 saturated heterocycles. The van der Waals surface area contributed by atoms with Crippen molar-refractivity contribution in [2.75, 3.05) is 13.2 Å². The van der Waals surface area contributed by atoms with Gasteiger partial charge in [-0.25, -0.2) is 0 Å². The SMILES string of the molecule is Clc1ccc(CC(Br)c2cc3c(cc2Br)OCCO3)cc1. The fourth-order valence-corrected chi connectivity index (χ4v) is 4.04. The molecule has 0 N–H and O–H groups in total. The van der Waals surface area contributed by atoms with E-state index in [0.717, 1.165) is 33.0 Å². The molecule has 0 spiro atoms. The van der Waals surface area contributed by atoms with Gasteiger partial charge in [0.25, 0.3) is 0 Å².